The van der Waals surface area contributed by atoms with Crippen LogP contribution in [0.5, 0.6) is 0 Å². The van der Waals surface area contributed by atoms with E-state index in [4.69, 9.17) is 11.6 Å². The smallest absolute Gasteiger partial charge is 0.0480 e. The highest BCUT2D eigenvalue weighted by Crippen LogP contribution is 2.24. The van der Waals surface area contributed by atoms with Crippen LogP contribution in [0.2, 0.25) is 5.02 Å². The summed E-state index contributed by atoms with van der Waals surface area (Å²) in [5.74, 6) is 0.688. The third-order valence-corrected chi connectivity index (χ3v) is 4.61. The first kappa shape index (κ1) is 15.8. The first-order valence-electron chi connectivity index (χ1n) is 7.76. The number of hydrogen-bond donors (Lipinski definition) is 1. The van der Waals surface area contributed by atoms with E-state index in [0.29, 0.717) is 12.0 Å². The van der Waals surface area contributed by atoms with Crippen molar-refractivity contribution in [3.05, 3.63) is 34.3 Å². The molecule has 2 nitrogen and oxygen atoms in total. The molecule has 0 spiro atoms. The van der Waals surface area contributed by atoms with Crippen LogP contribution in [0, 0.1) is 12.8 Å². The predicted octanol–water partition coefficient (Wildman–Crippen LogP) is 3.86. The third-order valence-electron chi connectivity index (χ3n) is 4.07. The molecule has 0 saturated carbocycles. The van der Waals surface area contributed by atoms with Gasteiger partial charge in [0.25, 0.3) is 0 Å². The maximum absolute atomic E-state index is 6.47. The minimum atomic E-state index is 0.688. The monoisotopic (exact) mass is 294 g/mol. The Bertz CT molecular complexity index is 425. The van der Waals surface area contributed by atoms with Gasteiger partial charge in [0.2, 0.25) is 0 Å². The predicted molar refractivity (Wildman–Crippen MR) is 87.3 cm³/mol. The summed E-state index contributed by atoms with van der Waals surface area (Å²) in [5.41, 5.74) is 2.45. The molecular weight excluding hydrogens is 268 g/mol. The van der Waals surface area contributed by atoms with Gasteiger partial charge in [0.05, 0.1) is 0 Å². The minimum absolute atomic E-state index is 0.688. The van der Waals surface area contributed by atoms with Gasteiger partial charge in [0.15, 0.2) is 0 Å². The van der Waals surface area contributed by atoms with E-state index in [0.717, 1.165) is 31.2 Å². The number of halogens is 1. The van der Waals surface area contributed by atoms with Gasteiger partial charge >= 0.3 is 0 Å². The van der Waals surface area contributed by atoms with E-state index in [9.17, 15) is 0 Å². The van der Waals surface area contributed by atoms with Crippen molar-refractivity contribution in [3.63, 3.8) is 0 Å². The zero-order valence-electron chi connectivity index (χ0n) is 13.0. The first-order chi connectivity index (χ1) is 9.58. The molecule has 1 aromatic rings. The van der Waals surface area contributed by atoms with Crippen molar-refractivity contribution in [1.29, 1.82) is 0 Å². The lowest BCUT2D eigenvalue weighted by molar-refractivity contribution is 0.137. The van der Waals surface area contributed by atoms with E-state index in [1.54, 1.807) is 0 Å². The molecule has 0 aliphatic carbocycles. The Morgan fingerprint density at radius 1 is 1.30 bits per heavy atom. The van der Waals surface area contributed by atoms with Gasteiger partial charge in [0, 0.05) is 24.2 Å². The molecule has 1 aliphatic heterocycles. The van der Waals surface area contributed by atoms with Crippen LogP contribution in [-0.4, -0.2) is 30.6 Å². The number of nitrogens with one attached hydrogen (secondary N) is 1. The van der Waals surface area contributed by atoms with Gasteiger partial charge in [-0.05, 0) is 49.9 Å². The quantitative estimate of drug-likeness (QED) is 0.887. The Morgan fingerprint density at radius 2 is 2.00 bits per heavy atom. The molecule has 1 aliphatic rings. The van der Waals surface area contributed by atoms with Gasteiger partial charge in [-0.1, -0.05) is 43.6 Å². The summed E-state index contributed by atoms with van der Waals surface area (Å²) >= 11 is 6.47. The summed E-state index contributed by atoms with van der Waals surface area (Å²) < 4.78 is 0. The lowest BCUT2D eigenvalue weighted by Crippen LogP contribution is -2.44. The largest absolute Gasteiger partial charge is 0.317 e. The van der Waals surface area contributed by atoms with E-state index < -0.39 is 0 Å². The van der Waals surface area contributed by atoms with Crippen molar-refractivity contribution in [3.8, 4) is 0 Å². The molecule has 1 saturated heterocycles. The molecule has 0 radical (unpaired) electrons. The van der Waals surface area contributed by atoms with Crippen molar-refractivity contribution in [2.75, 3.05) is 19.6 Å². The molecule has 112 valence electrons. The van der Waals surface area contributed by atoms with Crippen LogP contribution in [0.3, 0.4) is 0 Å². The molecule has 0 amide bonds. The topological polar surface area (TPSA) is 15.3 Å². The minimum Gasteiger partial charge on any atom is -0.317 e. The second-order valence-corrected chi connectivity index (χ2v) is 6.73. The van der Waals surface area contributed by atoms with E-state index in [1.807, 2.05) is 0 Å². The van der Waals surface area contributed by atoms with Gasteiger partial charge in [-0.2, -0.15) is 0 Å². The number of benzene rings is 1. The maximum Gasteiger partial charge on any atom is 0.0480 e. The third kappa shape index (κ3) is 4.21. The summed E-state index contributed by atoms with van der Waals surface area (Å²) in [7, 11) is 0. The Labute approximate surface area is 128 Å². The summed E-state index contributed by atoms with van der Waals surface area (Å²) in [4.78, 5) is 2.63. The Balaban J connectivity index is 2.12. The highest BCUT2D eigenvalue weighted by atomic mass is 35.5. The van der Waals surface area contributed by atoms with Crippen LogP contribution in [0.4, 0.5) is 0 Å². The number of rotatable bonds is 5. The zero-order chi connectivity index (χ0) is 14.5. The van der Waals surface area contributed by atoms with Crippen LogP contribution in [0.25, 0.3) is 0 Å². The number of piperidine rings is 1. The average molecular weight is 295 g/mol. The van der Waals surface area contributed by atoms with Gasteiger partial charge in [-0.15, -0.1) is 0 Å². The number of nitrogens with zero attached hydrogens (tertiary/aromatic N) is 1. The molecule has 0 aromatic heterocycles. The molecule has 2 rings (SSSR count). The second kappa shape index (κ2) is 7.44. The van der Waals surface area contributed by atoms with Crippen molar-refractivity contribution in [2.45, 2.75) is 46.2 Å². The molecule has 1 aromatic carbocycles. The Hall–Kier alpha value is -0.570. The SMILES string of the molecule is Cc1cccc(CN(CC(C)C)C2CCNCC2)c1Cl. The average Bonchev–Trinajstić information content (AvgIpc) is 2.43. The molecule has 0 atom stereocenters. The molecule has 0 unspecified atom stereocenters. The van der Waals surface area contributed by atoms with Gasteiger partial charge in [-0.25, -0.2) is 0 Å². The van der Waals surface area contributed by atoms with E-state index in [2.05, 4.69) is 49.2 Å². The molecule has 3 heteroatoms. The van der Waals surface area contributed by atoms with Crippen molar-refractivity contribution < 1.29 is 0 Å². The summed E-state index contributed by atoms with van der Waals surface area (Å²) in [5, 5.41) is 4.39. The van der Waals surface area contributed by atoms with Crippen LogP contribution < -0.4 is 5.32 Å². The lowest BCUT2D eigenvalue weighted by Gasteiger charge is -2.36. The van der Waals surface area contributed by atoms with Gasteiger partial charge in [0.1, 0.15) is 0 Å². The van der Waals surface area contributed by atoms with E-state index in [-0.39, 0.29) is 0 Å². The molecule has 1 heterocycles. The first-order valence-corrected chi connectivity index (χ1v) is 8.14. The second-order valence-electron chi connectivity index (χ2n) is 6.35. The normalized spacial score (nSPS) is 17.1. The van der Waals surface area contributed by atoms with Crippen molar-refractivity contribution in [2.24, 2.45) is 5.92 Å². The fourth-order valence-electron chi connectivity index (χ4n) is 3.03. The summed E-state index contributed by atoms with van der Waals surface area (Å²) in [6.07, 6.45) is 2.49. The fourth-order valence-corrected chi connectivity index (χ4v) is 3.22. The zero-order valence-corrected chi connectivity index (χ0v) is 13.7. The molecule has 1 N–H and O–H groups in total. The van der Waals surface area contributed by atoms with E-state index in [1.165, 1.54) is 24.0 Å². The Kier molecular flexibility index (Phi) is 5.88. The van der Waals surface area contributed by atoms with Crippen LogP contribution in [0.1, 0.15) is 37.8 Å². The number of aryl methyl sites for hydroxylation is 1. The van der Waals surface area contributed by atoms with Crippen LogP contribution in [0.15, 0.2) is 18.2 Å². The summed E-state index contributed by atoms with van der Waals surface area (Å²) in [6, 6.07) is 7.06. The van der Waals surface area contributed by atoms with Crippen molar-refractivity contribution >= 4 is 11.6 Å². The fraction of sp³-hybridized carbons (Fsp3) is 0.647. The Morgan fingerprint density at radius 3 is 2.65 bits per heavy atom. The highest BCUT2D eigenvalue weighted by Gasteiger charge is 2.22. The molecule has 20 heavy (non-hydrogen) atoms. The standard InChI is InChI=1S/C17H27ClN2/c1-13(2)11-20(16-7-9-19-10-8-16)12-15-6-4-5-14(3)17(15)18/h4-6,13,16,19H,7-12H2,1-3H3. The molecule has 0 bridgehead atoms. The highest BCUT2D eigenvalue weighted by molar-refractivity contribution is 6.32. The van der Waals surface area contributed by atoms with Gasteiger partial charge in [-0.3, -0.25) is 4.90 Å². The van der Waals surface area contributed by atoms with Crippen LogP contribution >= 0.6 is 11.6 Å². The lowest BCUT2D eigenvalue weighted by atomic mass is 10.0. The van der Waals surface area contributed by atoms with E-state index >= 15 is 0 Å². The maximum atomic E-state index is 6.47. The number of hydrogen-bond acceptors (Lipinski definition) is 2. The molecular formula is C17H27ClN2. The molecule has 1 fully saturated rings. The van der Waals surface area contributed by atoms with Gasteiger partial charge < -0.3 is 5.32 Å². The summed E-state index contributed by atoms with van der Waals surface area (Å²) in [6.45, 7) is 11.1. The van der Waals surface area contributed by atoms with Crippen LogP contribution in [-0.2, 0) is 6.54 Å². The van der Waals surface area contributed by atoms with Crippen molar-refractivity contribution in [1.82, 2.24) is 10.2 Å².